The quantitative estimate of drug-likeness (QED) is 0.753. The lowest BCUT2D eigenvalue weighted by molar-refractivity contribution is -0.133. The third kappa shape index (κ3) is 3.57. The number of hydrogen-bond donors (Lipinski definition) is 0. The van der Waals surface area contributed by atoms with Crippen molar-refractivity contribution in [3.63, 3.8) is 0 Å². The molecule has 1 saturated heterocycles. The Balaban J connectivity index is 1.77. The third-order valence-electron chi connectivity index (χ3n) is 4.40. The number of aromatic nitrogens is 2. The number of amides is 1. The van der Waals surface area contributed by atoms with Crippen molar-refractivity contribution >= 4 is 26.7 Å². The van der Waals surface area contributed by atoms with Crippen molar-refractivity contribution in [3.8, 4) is 0 Å². The summed E-state index contributed by atoms with van der Waals surface area (Å²) in [6.07, 6.45) is 1.16. The number of piperazine rings is 1. The predicted molar refractivity (Wildman–Crippen MR) is 93.7 cm³/mol. The molecule has 1 aliphatic rings. The van der Waals surface area contributed by atoms with E-state index >= 15 is 0 Å². The first-order chi connectivity index (χ1) is 11.8. The second-order valence-corrected chi connectivity index (χ2v) is 8.12. The predicted octanol–water partition coefficient (Wildman–Crippen LogP) is -0.191. The van der Waals surface area contributed by atoms with Crippen LogP contribution in [0.5, 0.6) is 0 Å². The highest BCUT2D eigenvalue weighted by atomic mass is 32.2. The maximum absolute atomic E-state index is 12.5. The first-order valence-electron chi connectivity index (χ1n) is 7.97. The van der Waals surface area contributed by atoms with Crippen LogP contribution < -0.4 is 5.56 Å². The molecule has 0 atom stereocenters. The molecule has 1 fully saturated rings. The SMILES string of the molecule is Cc1nn(CC(=O)N2CCN(S(C)(=O)=O)CC2)c(=O)c2ccccc12. The van der Waals surface area contributed by atoms with Gasteiger partial charge in [0.2, 0.25) is 15.9 Å². The van der Waals surface area contributed by atoms with E-state index in [-0.39, 0.29) is 31.1 Å². The summed E-state index contributed by atoms with van der Waals surface area (Å²) in [6.45, 7) is 2.81. The summed E-state index contributed by atoms with van der Waals surface area (Å²) in [5.74, 6) is -0.238. The molecule has 0 radical (unpaired) electrons. The molecule has 1 aromatic heterocycles. The highest BCUT2D eigenvalue weighted by molar-refractivity contribution is 7.88. The molecule has 3 rings (SSSR count). The van der Waals surface area contributed by atoms with Gasteiger partial charge in [0.05, 0.1) is 17.3 Å². The van der Waals surface area contributed by atoms with Crippen molar-refractivity contribution in [1.82, 2.24) is 19.0 Å². The lowest BCUT2D eigenvalue weighted by atomic mass is 10.1. The normalized spacial score (nSPS) is 16.3. The Labute approximate surface area is 145 Å². The summed E-state index contributed by atoms with van der Waals surface area (Å²) < 4.78 is 25.6. The van der Waals surface area contributed by atoms with E-state index in [9.17, 15) is 18.0 Å². The zero-order valence-corrected chi connectivity index (χ0v) is 15.0. The van der Waals surface area contributed by atoms with Gasteiger partial charge in [-0.3, -0.25) is 9.59 Å². The van der Waals surface area contributed by atoms with Gasteiger partial charge in [0.1, 0.15) is 6.54 Å². The minimum absolute atomic E-state index is 0.149. The number of carbonyl (C=O) groups excluding carboxylic acids is 1. The number of aryl methyl sites for hydroxylation is 1. The highest BCUT2D eigenvalue weighted by Gasteiger charge is 2.26. The number of hydrogen-bond acceptors (Lipinski definition) is 5. The molecule has 0 unspecified atom stereocenters. The second-order valence-electron chi connectivity index (χ2n) is 6.14. The van der Waals surface area contributed by atoms with Crippen LogP contribution in [0.4, 0.5) is 0 Å². The van der Waals surface area contributed by atoms with Crippen LogP contribution in [-0.4, -0.2) is 65.7 Å². The van der Waals surface area contributed by atoms with Crippen LogP contribution in [0.25, 0.3) is 10.8 Å². The molecule has 0 saturated carbocycles. The first-order valence-corrected chi connectivity index (χ1v) is 9.81. The van der Waals surface area contributed by atoms with E-state index in [1.165, 1.54) is 8.99 Å². The maximum Gasteiger partial charge on any atom is 0.275 e. The van der Waals surface area contributed by atoms with Gasteiger partial charge < -0.3 is 4.90 Å². The van der Waals surface area contributed by atoms with Crippen molar-refractivity contribution in [2.24, 2.45) is 0 Å². The first kappa shape index (κ1) is 17.6. The lowest BCUT2D eigenvalue weighted by Crippen LogP contribution is -2.51. The summed E-state index contributed by atoms with van der Waals surface area (Å²) in [5, 5.41) is 5.55. The summed E-state index contributed by atoms with van der Waals surface area (Å²) in [6, 6.07) is 7.17. The van der Waals surface area contributed by atoms with Gasteiger partial charge in [-0.15, -0.1) is 0 Å². The van der Waals surface area contributed by atoms with Gasteiger partial charge in [0.25, 0.3) is 5.56 Å². The number of sulfonamides is 1. The fourth-order valence-corrected chi connectivity index (χ4v) is 3.84. The van der Waals surface area contributed by atoms with Crippen LogP contribution in [0.2, 0.25) is 0 Å². The standard InChI is InChI=1S/C16H20N4O4S/c1-12-13-5-3-4-6-14(13)16(22)20(17-12)11-15(21)18-7-9-19(10-8-18)25(2,23)24/h3-6H,7-11H2,1-2H3. The topological polar surface area (TPSA) is 92.6 Å². The molecule has 0 bridgehead atoms. The van der Waals surface area contributed by atoms with Crippen molar-refractivity contribution in [3.05, 3.63) is 40.3 Å². The van der Waals surface area contributed by atoms with Crippen molar-refractivity contribution in [2.75, 3.05) is 32.4 Å². The van der Waals surface area contributed by atoms with Crippen LogP contribution in [0.1, 0.15) is 5.69 Å². The molecule has 0 spiro atoms. The van der Waals surface area contributed by atoms with Crippen LogP contribution >= 0.6 is 0 Å². The molecule has 1 amide bonds. The molecule has 25 heavy (non-hydrogen) atoms. The van der Waals surface area contributed by atoms with Crippen LogP contribution in [-0.2, 0) is 21.4 Å². The molecule has 134 valence electrons. The van der Waals surface area contributed by atoms with Crippen molar-refractivity contribution < 1.29 is 13.2 Å². The Morgan fingerprint density at radius 1 is 1.12 bits per heavy atom. The van der Waals surface area contributed by atoms with Crippen molar-refractivity contribution in [2.45, 2.75) is 13.5 Å². The fourth-order valence-electron chi connectivity index (χ4n) is 3.01. The summed E-state index contributed by atoms with van der Waals surface area (Å²) in [7, 11) is -3.24. The molecule has 1 aromatic carbocycles. The van der Waals surface area contributed by atoms with E-state index in [2.05, 4.69) is 5.10 Å². The third-order valence-corrected chi connectivity index (χ3v) is 5.70. The van der Waals surface area contributed by atoms with Crippen LogP contribution in [0.15, 0.2) is 29.1 Å². The summed E-state index contributed by atoms with van der Waals surface area (Å²) in [4.78, 5) is 26.6. The maximum atomic E-state index is 12.5. The van der Waals surface area contributed by atoms with E-state index in [1.807, 2.05) is 12.1 Å². The van der Waals surface area contributed by atoms with Crippen molar-refractivity contribution in [1.29, 1.82) is 0 Å². The second kappa shape index (κ2) is 6.57. The smallest absolute Gasteiger partial charge is 0.275 e. The lowest BCUT2D eigenvalue weighted by Gasteiger charge is -2.33. The Morgan fingerprint density at radius 3 is 2.32 bits per heavy atom. The van der Waals surface area contributed by atoms with Crippen LogP contribution in [0.3, 0.4) is 0 Å². The Bertz CT molecular complexity index is 975. The monoisotopic (exact) mass is 364 g/mol. The molecular weight excluding hydrogens is 344 g/mol. The van der Waals surface area contributed by atoms with Gasteiger partial charge >= 0.3 is 0 Å². The molecule has 2 heterocycles. The van der Waals surface area contributed by atoms with Gasteiger partial charge in [-0.25, -0.2) is 13.1 Å². The number of fused-ring (bicyclic) bond motifs is 1. The molecule has 0 aliphatic carbocycles. The minimum atomic E-state index is -3.24. The van der Waals surface area contributed by atoms with E-state index in [4.69, 9.17) is 0 Å². The summed E-state index contributed by atoms with van der Waals surface area (Å²) in [5.41, 5.74) is 0.384. The van der Waals surface area contributed by atoms with Gasteiger partial charge in [-0.1, -0.05) is 18.2 Å². The fraction of sp³-hybridized carbons (Fsp3) is 0.438. The Morgan fingerprint density at radius 2 is 1.72 bits per heavy atom. The van der Waals surface area contributed by atoms with E-state index in [1.54, 1.807) is 24.0 Å². The number of nitrogens with zero attached hydrogens (tertiary/aromatic N) is 4. The van der Waals surface area contributed by atoms with E-state index < -0.39 is 10.0 Å². The van der Waals surface area contributed by atoms with Crippen LogP contribution in [0, 0.1) is 6.92 Å². The number of rotatable bonds is 3. The van der Waals surface area contributed by atoms with Gasteiger partial charge in [0, 0.05) is 31.6 Å². The average molecular weight is 364 g/mol. The minimum Gasteiger partial charge on any atom is -0.338 e. The molecule has 9 heteroatoms. The zero-order valence-electron chi connectivity index (χ0n) is 14.2. The highest BCUT2D eigenvalue weighted by Crippen LogP contribution is 2.12. The summed E-state index contributed by atoms with van der Waals surface area (Å²) >= 11 is 0. The molecule has 1 aliphatic heterocycles. The van der Waals surface area contributed by atoms with Gasteiger partial charge in [0.15, 0.2) is 0 Å². The zero-order chi connectivity index (χ0) is 18.2. The number of carbonyl (C=O) groups is 1. The molecule has 0 N–H and O–H groups in total. The average Bonchev–Trinajstić information content (AvgIpc) is 2.59. The molecule has 2 aromatic rings. The molecule has 8 nitrogen and oxygen atoms in total. The molecular formula is C16H20N4O4S. The number of benzene rings is 1. The Hall–Kier alpha value is -2.26. The van der Waals surface area contributed by atoms with Gasteiger partial charge in [-0.2, -0.15) is 9.40 Å². The van der Waals surface area contributed by atoms with E-state index in [0.29, 0.717) is 24.2 Å². The van der Waals surface area contributed by atoms with E-state index in [0.717, 1.165) is 11.6 Å². The largest absolute Gasteiger partial charge is 0.338 e. The van der Waals surface area contributed by atoms with Gasteiger partial charge in [-0.05, 0) is 13.0 Å². The Kier molecular flexibility index (Phi) is 4.61.